The molecule has 4 heterocycles. The van der Waals surface area contributed by atoms with E-state index in [1.165, 1.54) is 0 Å². The van der Waals surface area contributed by atoms with Crippen LogP contribution in [0.4, 0.5) is 0 Å². The number of amides is 1. The monoisotopic (exact) mass is 410 g/mol. The fourth-order valence-electron chi connectivity index (χ4n) is 5.22. The molecule has 0 aliphatic carbocycles. The Labute approximate surface area is 176 Å². The van der Waals surface area contributed by atoms with Gasteiger partial charge < -0.3 is 15.0 Å². The van der Waals surface area contributed by atoms with Gasteiger partial charge >= 0.3 is 0 Å². The van der Waals surface area contributed by atoms with Gasteiger partial charge in [-0.1, -0.05) is 19.9 Å². The van der Waals surface area contributed by atoms with Crippen molar-refractivity contribution in [3.8, 4) is 11.1 Å². The van der Waals surface area contributed by atoms with E-state index in [9.17, 15) is 14.7 Å². The lowest BCUT2D eigenvalue weighted by Crippen LogP contribution is -2.48. The summed E-state index contributed by atoms with van der Waals surface area (Å²) in [4.78, 5) is 32.6. The largest absolute Gasteiger partial charge is 0.396 e. The molecule has 0 radical (unpaired) electrons. The van der Waals surface area contributed by atoms with Gasteiger partial charge in [0.25, 0.3) is 5.56 Å². The van der Waals surface area contributed by atoms with Crippen LogP contribution in [0.25, 0.3) is 11.1 Å². The average Bonchev–Trinajstić information content (AvgIpc) is 3.29. The van der Waals surface area contributed by atoms with Crippen molar-refractivity contribution in [3.63, 3.8) is 0 Å². The molecule has 4 rings (SSSR count). The van der Waals surface area contributed by atoms with Crippen molar-refractivity contribution in [2.24, 2.45) is 11.8 Å². The number of carbonyl (C=O) groups excluding carboxylic acids is 1. The van der Waals surface area contributed by atoms with Crippen molar-refractivity contribution >= 4 is 5.91 Å². The Bertz CT molecular complexity index is 959. The number of hydrogen-bond donors (Lipinski definition) is 2. The maximum Gasteiger partial charge on any atom is 0.258 e. The van der Waals surface area contributed by atoms with Crippen LogP contribution in [0.15, 0.2) is 41.5 Å². The van der Waals surface area contributed by atoms with Gasteiger partial charge in [-0.3, -0.25) is 19.5 Å². The van der Waals surface area contributed by atoms with Gasteiger partial charge in [0.15, 0.2) is 0 Å². The second kappa shape index (κ2) is 8.70. The first-order chi connectivity index (χ1) is 14.6. The zero-order valence-electron chi connectivity index (χ0n) is 17.6. The molecule has 160 valence electrons. The van der Waals surface area contributed by atoms with Crippen molar-refractivity contribution in [1.29, 1.82) is 0 Å². The van der Waals surface area contributed by atoms with Crippen LogP contribution in [0.2, 0.25) is 0 Å². The molecule has 0 unspecified atom stereocenters. The van der Waals surface area contributed by atoms with Crippen LogP contribution >= 0.6 is 0 Å². The Morgan fingerprint density at radius 1 is 1.27 bits per heavy atom. The minimum Gasteiger partial charge on any atom is -0.396 e. The third-order valence-electron chi connectivity index (χ3n) is 6.46. The number of aliphatic hydroxyl groups is 1. The first-order valence-electron chi connectivity index (χ1n) is 10.9. The molecule has 2 aromatic rings. The van der Waals surface area contributed by atoms with Crippen molar-refractivity contribution in [2.75, 3.05) is 19.7 Å². The smallest absolute Gasteiger partial charge is 0.258 e. The summed E-state index contributed by atoms with van der Waals surface area (Å²) in [6.07, 6.45) is 5.17. The Balaban J connectivity index is 1.74. The average molecular weight is 411 g/mol. The summed E-state index contributed by atoms with van der Waals surface area (Å²) in [5.74, 6) is -0.171. The molecule has 2 aliphatic rings. The Morgan fingerprint density at radius 3 is 2.77 bits per heavy atom. The highest BCUT2D eigenvalue weighted by molar-refractivity contribution is 5.82. The Morgan fingerprint density at radius 2 is 2.10 bits per heavy atom. The second-order valence-electron chi connectivity index (χ2n) is 8.26. The van der Waals surface area contributed by atoms with E-state index in [-0.39, 0.29) is 42.0 Å². The number of nitrogens with zero attached hydrogens (tertiary/aromatic N) is 3. The SMILES string of the molecule is CCCNC(=O)[C@H]1[C@H](CO)[C@H]2Cn3c(ccc(-c4cccnc4)c3=O)[C@H]2N1CCC. The lowest BCUT2D eigenvalue weighted by molar-refractivity contribution is -0.127. The van der Waals surface area contributed by atoms with E-state index in [1.807, 2.05) is 35.8 Å². The molecule has 30 heavy (non-hydrogen) atoms. The highest BCUT2D eigenvalue weighted by Crippen LogP contribution is 2.49. The minimum atomic E-state index is -0.363. The highest BCUT2D eigenvalue weighted by Gasteiger charge is 2.55. The first-order valence-corrected chi connectivity index (χ1v) is 10.9. The minimum absolute atomic E-state index is 0.0142. The molecule has 0 spiro atoms. The molecule has 2 N–H and O–H groups in total. The molecule has 1 amide bonds. The summed E-state index contributed by atoms with van der Waals surface area (Å²) in [6.45, 7) is 5.96. The van der Waals surface area contributed by atoms with Gasteiger partial charge in [-0.05, 0) is 37.6 Å². The van der Waals surface area contributed by atoms with Crippen LogP contribution < -0.4 is 10.9 Å². The van der Waals surface area contributed by atoms with Gasteiger partial charge in [-0.25, -0.2) is 0 Å². The van der Waals surface area contributed by atoms with Crippen LogP contribution in [0, 0.1) is 11.8 Å². The van der Waals surface area contributed by atoms with Crippen molar-refractivity contribution in [3.05, 3.63) is 52.7 Å². The number of aromatic nitrogens is 2. The van der Waals surface area contributed by atoms with Gasteiger partial charge in [0, 0.05) is 60.7 Å². The molecule has 0 aromatic carbocycles. The van der Waals surface area contributed by atoms with Crippen LogP contribution in [0.1, 0.15) is 38.4 Å². The fraction of sp³-hybridized carbons (Fsp3) is 0.522. The van der Waals surface area contributed by atoms with Gasteiger partial charge in [0.1, 0.15) is 0 Å². The predicted molar refractivity (Wildman–Crippen MR) is 115 cm³/mol. The van der Waals surface area contributed by atoms with E-state index in [1.54, 1.807) is 12.4 Å². The zero-order valence-corrected chi connectivity index (χ0v) is 17.6. The van der Waals surface area contributed by atoms with Crippen LogP contribution in [-0.4, -0.2) is 51.2 Å². The number of pyridine rings is 2. The topological polar surface area (TPSA) is 87.5 Å². The fourth-order valence-corrected chi connectivity index (χ4v) is 5.22. The van der Waals surface area contributed by atoms with Crippen molar-refractivity contribution in [1.82, 2.24) is 19.8 Å². The molecular formula is C23H30N4O3. The van der Waals surface area contributed by atoms with E-state index in [0.29, 0.717) is 18.7 Å². The molecule has 7 heteroatoms. The zero-order chi connectivity index (χ0) is 21.3. The summed E-state index contributed by atoms with van der Waals surface area (Å²) in [5.41, 5.74) is 2.34. The van der Waals surface area contributed by atoms with E-state index in [4.69, 9.17) is 0 Å². The molecule has 4 atom stereocenters. The maximum atomic E-state index is 13.3. The Hall–Kier alpha value is -2.51. The summed E-state index contributed by atoms with van der Waals surface area (Å²) in [6, 6.07) is 7.20. The van der Waals surface area contributed by atoms with Crippen LogP contribution in [0.3, 0.4) is 0 Å². The molecule has 1 fully saturated rings. The van der Waals surface area contributed by atoms with Crippen molar-refractivity contribution < 1.29 is 9.90 Å². The van der Waals surface area contributed by atoms with E-state index >= 15 is 0 Å². The number of fused-ring (bicyclic) bond motifs is 3. The molecule has 1 saturated heterocycles. The van der Waals surface area contributed by atoms with Crippen LogP contribution in [0.5, 0.6) is 0 Å². The van der Waals surface area contributed by atoms with E-state index < -0.39 is 0 Å². The van der Waals surface area contributed by atoms with Crippen LogP contribution in [-0.2, 0) is 11.3 Å². The lowest BCUT2D eigenvalue weighted by Gasteiger charge is -2.30. The van der Waals surface area contributed by atoms with Crippen molar-refractivity contribution in [2.45, 2.75) is 45.3 Å². The number of likely N-dealkylation sites (tertiary alicyclic amines) is 1. The maximum absolute atomic E-state index is 13.3. The number of nitrogens with one attached hydrogen (secondary N) is 1. The normalized spacial score (nSPS) is 25.2. The molecular weight excluding hydrogens is 380 g/mol. The van der Waals surface area contributed by atoms with Gasteiger partial charge in [-0.15, -0.1) is 0 Å². The summed E-state index contributed by atoms with van der Waals surface area (Å²) < 4.78 is 1.84. The molecule has 2 aliphatic heterocycles. The third kappa shape index (κ3) is 3.36. The number of aliphatic hydroxyl groups excluding tert-OH is 1. The third-order valence-corrected chi connectivity index (χ3v) is 6.46. The Kier molecular flexibility index (Phi) is 6.01. The van der Waals surface area contributed by atoms with E-state index in [2.05, 4.69) is 22.1 Å². The first kappa shape index (κ1) is 20.8. The summed E-state index contributed by atoms with van der Waals surface area (Å²) in [7, 11) is 0. The highest BCUT2D eigenvalue weighted by atomic mass is 16.3. The number of hydrogen-bond acceptors (Lipinski definition) is 5. The molecule has 7 nitrogen and oxygen atoms in total. The van der Waals surface area contributed by atoms with Gasteiger partial charge in [-0.2, -0.15) is 0 Å². The quantitative estimate of drug-likeness (QED) is 0.727. The molecule has 2 aromatic heterocycles. The molecule has 0 bridgehead atoms. The molecule has 0 saturated carbocycles. The summed E-state index contributed by atoms with van der Waals surface area (Å²) >= 11 is 0. The van der Waals surface area contributed by atoms with Gasteiger partial charge in [0.2, 0.25) is 5.91 Å². The predicted octanol–water partition coefficient (Wildman–Crippen LogP) is 1.81. The number of rotatable bonds is 7. The summed E-state index contributed by atoms with van der Waals surface area (Å²) in [5, 5.41) is 13.2. The van der Waals surface area contributed by atoms with E-state index in [0.717, 1.165) is 30.6 Å². The lowest BCUT2D eigenvalue weighted by atomic mass is 9.88. The second-order valence-corrected chi connectivity index (χ2v) is 8.26. The number of carbonyl (C=O) groups is 1. The standard InChI is InChI=1S/C23H30N4O3/c1-3-9-25-22(29)21-18(14-28)17-13-27-19(20(17)26(21)11-4-2)8-7-16(23(27)30)15-6-5-10-24-12-15/h5-8,10,12,17-18,20-21,28H,3-4,9,11,13-14H2,1-2H3,(H,25,29)/t17-,18-,20+,21-/m1/s1. The van der Waals surface area contributed by atoms with Gasteiger partial charge in [0.05, 0.1) is 12.1 Å².